The van der Waals surface area contributed by atoms with E-state index in [0.29, 0.717) is 48.2 Å². The predicted molar refractivity (Wildman–Crippen MR) is 166 cm³/mol. The van der Waals surface area contributed by atoms with Crippen LogP contribution in [0.4, 0.5) is 10.5 Å². The summed E-state index contributed by atoms with van der Waals surface area (Å²) in [6.07, 6.45) is 4.42. The number of anilines is 1. The van der Waals surface area contributed by atoms with Gasteiger partial charge in [0.15, 0.2) is 0 Å². The van der Waals surface area contributed by atoms with Gasteiger partial charge in [-0.05, 0) is 87.7 Å². The van der Waals surface area contributed by atoms with Gasteiger partial charge in [-0.1, -0.05) is 24.3 Å². The maximum Gasteiger partial charge on any atom is 0.412 e. The molecule has 1 amide bonds. The molecular weight excluding hydrogens is 546 g/mol. The van der Waals surface area contributed by atoms with Crippen molar-refractivity contribution in [2.24, 2.45) is 0 Å². The number of rotatable bonds is 9. The molecule has 0 bridgehead atoms. The topological polar surface area (TPSA) is 109 Å². The van der Waals surface area contributed by atoms with E-state index in [1.54, 1.807) is 74.9 Å². The number of nitrogens with one attached hydrogen (secondary N) is 1. The number of fused-ring (bicyclic) bond motifs is 1. The molecule has 0 spiro atoms. The van der Waals surface area contributed by atoms with Crippen molar-refractivity contribution in [1.82, 2.24) is 18.7 Å². The van der Waals surface area contributed by atoms with Gasteiger partial charge in [-0.3, -0.25) is 14.7 Å². The molecule has 0 aliphatic heterocycles. The zero-order valence-electron chi connectivity index (χ0n) is 24.7. The molecule has 0 atom stereocenters. The lowest BCUT2D eigenvalue weighted by Crippen LogP contribution is -2.39. The Bertz CT molecular complexity index is 1840. The normalized spacial score (nSPS) is 11.4. The minimum absolute atomic E-state index is 0.401. The maximum atomic E-state index is 13.8. The number of hydrogen-bond acceptors (Lipinski definition) is 6. The number of carbonyl (C=O) groups is 1. The first-order valence-corrected chi connectivity index (χ1v) is 14.1. The van der Waals surface area contributed by atoms with E-state index in [-0.39, 0.29) is 0 Å². The molecule has 0 saturated carbocycles. The molecule has 5 rings (SSSR count). The van der Waals surface area contributed by atoms with Crippen molar-refractivity contribution in [3.63, 3.8) is 0 Å². The summed E-state index contributed by atoms with van der Waals surface area (Å²) in [6, 6.07) is 21.6. The molecule has 0 unspecified atom stereocenters. The Hall–Kier alpha value is -5.12. The molecule has 0 aliphatic carbocycles. The Kier molecular flexibility index (Phi) is 8.47. The number of carbonyl (C=O) groups excluding carboxylic acids is 1. The van der Waals surface area contributed by atoms with E-state index in [2.05, 4.69) is 14.9 Å². The molecule has 10 nitrogen and oxygen atoms in total. The highest BCUT2D eigenvalue weighted by molar-refractivity contribution is 5.85. The van der Waals surface area contributed by atoms with Gasteiger partial charge in [0.05, 0.1) is 30.0 Å². The third-order valence-electron chi connectivity index (χ3n) is 6.95. The highest BCUT2D eigenvalue weighted by Gasteiger charge is 2.17. The van der Waals surface area contributed by atoms with Crippen molar-refractivity contribution >= 4 is 22.7 Å². The molecule has 5 aromatic rings. The number of aryl methyl sites for hydroxylation is 2. The highest BCUT2D eigenvalue weighted by Crippen LogP contribution is 2.17. The zero-order valence-corrected chi connectivity index (χ0v) is 24.7. The third kappa shape index (κ3) is 6.86. The Labute approximate surface area is 249 Å². The molecule has 10 heteroatoms. The Morgan fingerprint density at radius 1 is 0.953 bits per heavy atom. The number of nitrogens with zero attached hydrogens (tertiary/aromatic N) is 4. The first-order chi connectivity index (χ1) is 20.6. The molecule has 43 heavy (non-hydrogen) atoms. The number of imidazole rings is 1. The fraction of sp³-hybridized carbons (Fsp3) is 0.273. The van der Waals surface area contributed by atoms with Crippen molar-refractivity contribution in [2.45, 2.75) is 52.3 Å². The number of amides is 1. The quantitative estimate of drug-likeness (QED) is 0.250. The number of ether oxygens (including phenoxy) is 2. The van der Waals surface area contributed by atoms with Crippen LogP contribution in [0.5, 0.6) is 5.75 Å². The first kappa shape index (κ1) is 29.4. The molecule has 0 saturated heterocycles. The molecule has 1 N–H and O–H groups in total. The van der Waals surface area contributed by atoms with Gasteiger partial charge >= 0.3 is 11.8 Å². The number of hydrogen-bond donors (Lipinski definition) is 1. The van der Waals surface area contributed by atoms with Crippen LogP contribution in [0.1, 0.15) is 38.4 Å². The molecule has 222 valence electrons. The van der Waals surface area contributed by atoms with Crippen LogP contribution in [0.25, 0.3) is 16.6 Å². The summed E-state index contributed by atoms with van der Waals surface area (Å²) in [5.74, 6) is 0.807. The lowest BCUT2D eigenvalue weighted by Gasteiger charge is -2.19. The van der Waals surface area contributed by atoms with Crippen molar-refractivity contribution in [1.29, 1.82) is 0 Å². The second-order valence-electron chi connectivity index (χ2n) is 11.2. The first-order valence-electron chi connectivity index (χ1n) is 14.1. The second-order valence-corrected chi connectivity index (χ2v) is 11.2. The molecule has 0 fully saturated rings. The van der Waals surface area contributed by atoms with Crippen LogP contribution < -0.4 is 21.3 Å². The van der Waals surface area contributed by atoms with Gasteiger partial charge < -0.3 is 14.0 Å². The van der Waals surface area contributed by atoms with Gasteiger partial charge in [0.1, 0.15) is 11.4 Å². The molecule has 3 aromatic carbocycles. The van der Waals surface area contributed by atoms with Crippen molar-refractivity contribution < 1.29 is 14.3 Å². The van der Waals surface area contributed by atoms with Gasteiger partial charge in [0.25, 0.3) is 5.56 Å². The lowest BCUT2D eigenvalue weighted by atomic mass is 10.2. The SMILES string of the molecule is COc1ccc(Cn2cncc2CCCn2c(=O)n(-c3ccc(NC(=O)OC(C)(C)C)cc3)c(=O)c3ccccc32)cc1. The van der Waals surface area contributed by atoms with Gasteiger partial charge in [-0.15, -0.1) is 0 Å². The number of benzene rings is 3. The Balaban J connectivity index is 1.37. The van der Waals surface area contributed by atoms with Crippen molar-refractivity contribution in [3.8, 4) is 11.4 Å². The highest BCUT2D eigenvalue weighted by atomic mass is 16.6. The summed E-state index contributed by atoms with van der Waals surface area (Å²) in [5.41, 5.74) is 2.19. The van der Waals surface area contributed by atoms with Crippen molar-refractivity contribution in [3.05, 3.63) is 117 Å². The van der Waals surface area contributed by atoms with E-state index in [4.69, 9.17) is 9.47 Å². The molecular formula is C33H35N5O5. The fourth-order valence-corrected chi connectivity index (χ4v) is 4.92. The van der Waals surface area contributed by atoms with Crippen LogP contribution in [0.3, 0.4) is 0 Å². The van der Waals surface area contributed by atoms with Gasteiger partial charge in [-0.2, -0.15) is 0 Å². The second kappa shape index (κ2) is 12.4. The standard InChI is InChI=1S/C33H35N5O5/c1-33(2,3)43-31(40)35-24-13-15-25(16-14-24)38-30(39)28-9-5-6-10-29(28)37(32(38)41)19-7-8-26-20-34-22-36(26)21-23-11-17-27(42-4)18-12-23/h5-6,9-18,20,22H,7-8,19,21H2,1-4H3,(H,35,40). The summed E-state index contributed by atoms with van der Waals surface area (Å²) in [6.45, 7) is 6.43. The van der Waals surface area contributed by atoms with Crippen LogP contribution in [0.15, 0.2) is 94.9 Å². The zero-order chi connectivity index (χ0) is 30.6. The molecule has 2 aromatic heterocycles. The van der Waals surface area contributed by atoms with Gasteiger partial charge in [0.2, 0.25) is 0 Å². The van der Waals surface area contributed by atoms with E-state index in [1.165, 1.54) is 4.57 Å². The Morgan fingerprint density at radius 3 is 2.37 bits per heavy atom. The van der Waals surface area contributed by atoms with E-state index >= 15 is 0 Å². The number of aromatic nitrogens is 4. The monoisotopic (exact) mass is 581 g/mol. The molecule has 2 heterocycles. The van der Waals surface area contributed by atoms with Crippen molar-refractivity contribution in [2.75, 3.05) is 12.4 Å². The average Bonchev–Trinajstić information content (AvgIpc) is 3.41. The van der Waals surface area contributed by atoms with Crippen LogP contribution in [-0.4, -0.2) is 37.5 Å². The summed E-state index contributed by atoms with van der Waals surface area (Å²) in [7, 11) is 1.64. The van der Waals surface area contributed by atoms with E-state index in [1.807, 2.05) is 42.9 Å². The van der Waals surface area contributed by atoms with Gasteiger partial charge in [-0.25, -0.2) is 19.1 Å². The summed E-state index contributed by atoms with van der Waals surface area (Å²) in [5, 5.41) is 3.12. The molecule has 0 radical (unpaired) electrons. The summed E-state index contributed by atoms with van der Waals surface area (Å²) < 4.78 is 15.5. The number of para-hydroxylation sites is 1. The van der Waals surface area contributed by atoms with Crippen LogP contribution in [0.2, 0.25) is 0 Å². The van der Waals surface area contributed by atoms with Crippen LogP contribution in [0, 0.1) is 0 Å². The maximum absolute atomic E-state index is 13.8. The minimum atomic E-state index is -0.635. The largest absolute Gasteiger partial charge is 0.497 e. The number of methoxy groups -OCH3 is 1. The lowest BCUT2D eigenvalue weighted by molar-refractivity contribution is 0.0636. The van der Waals surface area contributed by atoms with E-state index in [9.17, 15) is 14.4 Å². The summed E-state index contributed by atoms with van der Waals surface area (Å²) >= 11 is 0. The minimum Gasteiger partial charge on any atom is -0.497 e. The third-order valence-corrected chi connectivity index (χ3v) is 6.95. The van der Waals surface area contributed by atoms with E-state index in [0.717, 1.165) is 17.0 Å². The van der Waals surface area contributed by atoms with Crippen LogP contribution >= 0.6 is 0 Å². The van der Waals surface area contributed by atoms with Crippen LogP contribution in [-0.2, 0) is 24.2 Å². The average molecular weight is 582 g/mol. The Morgan fingerprint density at radius 2 is 1.67 bits per heavy atom. The summed E-state index contributed by atoms with van der Waals surface area (Å²) in [4.78, 5) is 43.8. The smallest absolute Gasteiger partial charge is 0.412 e. The molecule has 0 aliphatic rings. The van der Waals surface area contributed by atoms with E-state index < -0.39 is 22.9 Å². The predicted octanol–water partition coefficient (Wildman–Crippen LogP) is 5.39. The van der Waals surface area contributed by atoms with Gasteiger partial charge in [0, 0.05) is 30.7 Å². The fourth-order valence-electron chi connectivity index (χ4n) is 4.92.